The minimum Gasteiger partial charge on any atom is -0.466 e. The molecule has 2 aromatic carbocycles. The highest BCUT2D eigenvalue weighted by molar-refractivity contribution is 9.10. The number of aliphatic hydroxyl groups excluding tert-OH is 1. The average Bonchev–Trinajstić information content (AvgIpc) is 2.61. The zero-order valence-corrected chi connectivity index (χ0v) is 16.3. The molecule has 0 aliphatic carbocycles. The summed E-state index contributed by atoms with van der Waals surface area (Å²) in [6.07, 6.45) is 6.69. The van der Waals surface area contributed by atoms with E-state index in [-0.39, 0.29) is 12.6 Å². The van der Waals surface area contributed by atoms with E-state index in [0.717, 1.165) is 20.1 Å². The molecular weight excluding hydrogens is 436 g/mol. The number of carbonyl (C=O) groups is 1. The van der Waals surface area contributed by atoms with Gasteiger partial charge >= 0.3 is 5.97 Å². The van der Waals surface area contributed by atoms with Crippen LogP contribution in [-0.4, -0.2) is 24.8 Å². The second-order valence-electron chi connectivity index (χ2n) is 4.54. The monoisotopic (exact) mass is 452 g/mol. The first-order valence-corrected chi connectivity index (χ1v) is 8.68. The van der Waals surface area contributed by atoms with E-state index < -0.39 is 0 Å². The fraction of sp³-hybridized carbons (Fsp3) is 0.105. The van der Waals surface area contributed by atoms with Crippen molar-refractivity contribution in [2.75, 3.05) is 13.7 Å². The molecule has 0 heterocycles. The summed E-state index contributed by atoms with van der Waals surface area (Å²) in [7, 11) is 1.36. The first kappa shape index (κ1) is 20.4. The number of carbonyl (C=O) groups excluding carboxylic acids is 1. The van der Waals surface area contributed by atoms with Crippen molar-refractivity contribution < 1.29 is 14.6 Å². The van der Waals surface area contributed by atoms with Crippen LogP contribution in [0.3, 0.4) is 0 Å². The van der Waals surface area contributed by atoms with Crippen LogP contribution in [0.15, 0.2) is 69.6 Å². The number of hydrogen-bond donors (Lipinski definition) is 1. The minimum atomic E-state index is -0.345. The van der Waals surface area contributed by atoms with Crippen molar-refractivity contribution in [1.29, 1.82) is 0 Å². The number of rotatable bonds is 4. The van der Waals surface area contributed by atoms with Crippen molar-refractivity contribution in [3.05, 3.63) is 80.8 Å². The van der Waals surface area contributed by atoms with E-state index in [1.165, 1.54) is 13.2 Å². The summed E-state index contributed by atoms with van der Waals surface area (Å²) in [6.45, 7) is 0.0933. The lowest BCUT2D eigenvalue weighted by molar-refractivity contribution is -0.134. The Balaban J connectivity index is 0.000000243. The third kappa shape index (κ3) is 8.82. The van der Waals surface area contributed by atoms with Crippen molar-refractivity contribution >= 4 is 50.0 Å². The number of benzene rings is 2. The van der Waals surface area contributed by atoms with Crippen molar-refractivity contribution in [1.82, 2.24) is 0 Å². The number of esters is 1. The fourth-order valence-corrected chi connectivity index (χ4v) is 2.10. The van der Waals surface area contributed by atoms with Crippen LogP contribution in [-0.2, 0) is 9.53 Å². The van der Waals surface area contributed by atoms with Crippen LogP contribution >= 0.6 is 31.9 Å². The van der Waals surface area contributed by atoms with Gasteiger partial charge in [-0.05, 0) is 41.5 Å². The average molecular weight is 454 g/mol. The second kappa shape index (κ2) is 11.8. The lowest BCUT2D eigenvalue weighted by Crippen LogP contribution is -1.93. The predicted molar refractivity (Wildman–Crippen MR) is 105 cm³/mol. The molecule has 0 saturated heterocycles. The molecule has 1 N–H and O–H groups in total. The molecule has 24 heavy (non-hydrogen) atoms. The number of methoxy groups -OCH3 is 1. The molecular formula is C19H18Br2O3. The molecule has 0 unspecified atom stereocenters. The smallest absolute Gasteiger partial charge is 0.330 e. The lowest BCUT2D eigenvalue weighted by Gasteiger charge is -1.93. The highest BCUT2D eigenvalue weighted by atomic mass is 79.9. The minimum absolute atomic E-state index is 0.0933. The van der Waals surface area contributed by atoms with E-state index in [1.807, 2.05) is 54.6 Å². The van der Waals surface area contributed by atoms with E-state index in [2.05, 4.69) is 36.6 Å². The van der Waals surface area contributed by atoms with Crippen LogP contribution in [0, 0.1) is 0 Å². The quantitative estimate of drug-likeness (QED) is 0.518. The van der Waals surface area contributed by atoms with Gasteiger partial charge in [-0.3, -0.25) is 0 Å². The molecule has 0 atom stereocenters. The van der Waals surface area contributed by atoms with Crippen molar-refractivity contribution in [2.24, 2.45) is 0 Å². The summed E-state index contributed by atoms with van der Waals surface area (Å²) < 4.78 is 6.55. The zero-order chi connectivity index (χ0) is 17.8. The van der Waals surface area contributed by atoms with E-state index in [9.17, 15) is 4.79 Å². The molecule has 0 radical (unpaired) electrons. The highest BCUT2D eigenvalue weighted by Gasteiger charge is 1.91. The number of halogens is 2. The maximum Gasteiger partial charge on any atom is 0.330 e. The third-order valence-electron chi connectivity index (χ3n) is 2.77. The van der Waals surface area contributed by atoms with Crippen LogP contribution in [0.5, 0.6) is 0 Å². The SMILES string of the molecule is COC(=O)/C=C/c1ccc(Br)cc1.OC/C=C/c1ccc(Br)cc1. The maximum absolute atomic E-state index is 10.7. The Morgan fingerprint density at radius 2 is 1.42 bits per heavy atom. The topological polar surface area (TPSA) is 46.5 Å². The van der Waals surface area contributed by atoms with E-state index >= 15 is 0 Å². The Hall–Kier alpha value is -1.69. The standard InChI is InChI=1S/C10H9BrO2.C9H9BrO/c1-13-10(12)7-4-8-2-5-9(11)6-3-8;10-9-5-3-8(4-6-9)2-1-7-11/h2-7H,1H3;1-6,11H,7H2/b7-4+;2-1+. The Kier molecular flexibility index (Phi) is 10.00. The van der Waals surface area contributed by atoms with Gasteiger partial charge in [0.25, 0.3) is 0 Å². The first-order chi connectivity index (χ1) is 11.5. The Labute approximate surface area is 158 Å². The number of ether oxygens (including phenoxy) is 1. The summed E-state index contributed by atoms with van der Waals surface area (Å²) in [5.74, 6) is -0.345. The molecule has 0 saturated carbocycles. The molecule has 2 rings (SSSR count). The first-order valence-electron chi connectivity index (χ1n) is 7.09. The molecule has 0 fully saturated rings. The molecule has 2 aromatic rings. The van der Waals surface area contributed by atoms with Crippen LogP contribution in [0.4, 0.5) is 0 Å². The number of hydrogen-bond acceptors (Lipinski definition) is 3. The molecule has 126 valence electrons. The van der Waals surface area contributed by atoms with Crippen LogP contribution in [0.25, 0.3) is 12.2 Å². The summed E-state index contributed by atoms with van der Waals surface area (Å²) in [4.78, 5) is 10.7. The molecule has 0 amide bonds. The van der Waals surface area contributed by atoms with Gasteiger partial charge in [-0.25, -0.2) is 4.79 Å². The summed E-state index contributed by atoms with van der Waals surface area (Å²) in [5, 5.41) is 8.49. The second-order valence-corrected chi connectivity index (χ2v) is 6.38. The van der Waals surface area contributed by atoms with Crippen LogP contribution in [0.2, 0.25) is 0 Å². The van der Waals surface area contributed by atoms with Gasteiger partial charge in [-0.1, -0.05) is 68.3 Å². The van der Waals surface area contributed by atoms with Crippen molar-refractivity contribution in [3.63, 3.8) is 0 Å². The van der Waals surface area contributed by atoms with Gasteiger partial charge in [0.05, 0.1) is 13.7 Å². The Morgan fingerprint density at radius 1 is 0.958 bits per heavy atom. The van der Waals surface area contributed by atoms with Crippen LogP contribution < -0.4 is 0 Å². The van der Waals surface area contributed by atoms with Gasteiger partial charge in [0.1, 0.15) is 0 Å². The maximum atomic E-state index is 10.7. The van der Waals surface area contributed by atoms with E-state index in [1.54, 1.807) is 12.2 Å². The highest BCUT2D eigenvalue weighted by Crippen LogP contribution is 2.12. The summed E-state index contributed by atoms with van der Waals surface area (Å²) in [6, 6.07) is 15.5. The van der Waals surface area contributed by atoms with Gasteiger partial charge in [0.2, 0.25) is 0 Å². The zero-order valence-electron chi connectivity index (χ0n) is 13.2. The Morgan fingerprint density at radius 3 is 1.83 bits per heavy atom. The predicted octanol–water partition coefficient (Wildman–Crippen LogP) is 5.09. The lowest BCUT2D eigenvalue weighted by atomic mass is 10.2. The van der Waals surface area contributed by atoms with Crippen molar-refractivity contribution in [2.45, 2.75) is 0 Å². The number of aliphatic hydroxyl groups is 1. The third-order valence-corrected chi connectivity index (χ3v) is 3.83. The largest absolute Gasteiger partial charge is 0.466 e. The molecule has 0 aliphatic heterocycles. The normalized spacial score (nSPS) is 10.5. The van der Waals surface area contributed by atoms with Crippen molar-refractivity contribution in [3.8, 4) is 0 Å². The van der Waals surface area contributed by atoms with E-state index in [4.69, 9.17) is 5.11 Å². The van der Waals surface area contributed by atoms with Gasteiger partial charge in [-0.15, -0.1) is 0 Å². The van der Waals surface area contributed by atoms with Crippen LogP contribution in [0.1, 0.15) is 11.1 Å². The molecule has 3 nitrogen and oxygen atoms in total. The molecule has 5 heteroatoms. The Bertz CT molecular complexity index is 675. The summed E-state index contributed by atoms with van der Waals surface area (Å²) >= 11 is 6.66. The molecule has 0 aromatic heterocycles. The molecule has 0 spiro atoms. The fourth-order valence-electron chi connectivity index (χ4n) is 1.57. The van der Waals surface area contributed by atoms with Gasteiger partial charge in [0, 0.05) is 15.0 Å². The molecule has 0 bridgehead atoms. The van der Waals surface area contributed by atoms with Gasteiger partial charge < -0.3 is 9.84 Å². The summed E-state index contributed by atoms with van der Waals surface area (Å²) in [5.41, 5.74) is 2.07. The van der Waals surface area contributed by atoms with E-state index in [0.29, 0.717) is 0 Å². The van der Waals surface area contributed by atoms with Gasteiger partial charge in [-0.2, -0.15) is 0 Å². The van der Waals surface area contributed by atoms with Gasteiger partial charge in [0.15, 0.2) is 0 Å². The molecule has 0 aliphatic rings.